The lowest BCUT2D eigenvalue weighted by Crippen LogP contribution is -2.30. The summed E-state index contributed by atoms with van der Waals surface area (Å²) < 4.78 is 5.03. The van der Waals surface area contributed by atoms with Crippen molar-refractivity contribution in [3.8, 4) is 17.0 Å². The normalized spacial score (nSPS) is 11.2. The predicted molar refractivity (Wildman–Crippen MR) is 126 cm³/mol. The highest BCUT2D eigenvalue weighted by Crippen LogP contribution is 2.40. The Morgan fingerprint density at radius 2 is 1.82 bits per heavy atom. The number of benzene rings is 2. The van der Waals surface area contributed by atoms with Crippen LogP contribution in [-0.4, -0.2) is 43.0 Å². The molecular formula is C24H18N4O4S. The average molecular weight is 458 g/mol. The van der Waals surface area contributed by atoms with E-state index in [4.69, 9.17) is 5.11 Å². The van der Waals surface area contributed by atoms with Crippen molar-refractivity contribution in [3.63, 3.8) is 0 Å². The minimum Gasteiger partial charge on any atom is -0.504 e. The maximum atomic E-state index is 12.6. The third-order valence-electron chi connectivity index (χ3n) is 5.36. The van der Waals surface area contributed by atoms with Crippen LogP contribution in [-0.2, 0) is 11.2 Å². The molecule has 0 fully saturated rings. The lowest BCUT2D eigenvalue weighted by molar-refractivity contribution is -0.135. The highest BCUT2D eigenvalue weighted by atomic mass is 32.1. The van der Waals surface area contributed by atoms with Gasteiger partial charge < -0.3 is 20.5 Å². The number of nitrogens with one attached hydrogen (secondary N) is 2. The number of H-pyrrole nitrogens is 1. The first kappa shape index (κ1) is 20.7. The van der Waals surface area contributed by atoms with Crippen molar-refractivity contribution < 1.29 is 19.8 Å². The first-order chi connectivity index (χ1) is 16.0. The molecule has 33 heavy (non-hydrogen) atoms. The highest BCUT2D eigenvalue weighted by molar-refractivity contribution is 7.14. The Morgan fingerprint density at radius 1 is 1.06 bits per heavy atom. The molecule has 8 nitrogen and oxygen atoms in total. The number of aromatic amines is 1. The van der Waals surface area contributed by atoms with Crippen LogP contribution in [0, 0.1) is 0 Å². The number of amides is 1. The van der Waals surface area contributed by atoms with Crippen LogP contribution in [0.15, 0.2) is 60.8 Å². The smallest absolute Gasteiger partial charge is 0.322 e. The molecule has 0 radical (unpaired) electrons. The van der Waals surface area contributed by atoms with Crippen molar-refractivity contribution in [2.75, 3.05) is 6.54 Å². The molecular weight excluding hydrogens is 440 g/mol. The fourth-order valence-electron chi connectivity index (χ4n) is 3.84. The number of pyridine rings is 1. The maximum absolute atomic E-state index is 12.6. The molecule has 0 saturated heterocycles. The monoisotopic (exact) mass is 458 g/mol. The number of aromatic nitrogens is 3. The molecule has 3 heterocycles. The molecule has 0 saturated carbocycles. The van der Waals surface area contributed by atoms with Gasteiger partial charge in [-0.1, -0.05) is 48.5 Å². The van der Waals surface area contributed by atoms with E-state index < -0.39 is 18.4 Å². The number of carbonyl (C=O) groups is 2. The molecule has 2 aromatic carbocycles. The molecule has 0 spiro atoms. The molecule has 0 unspecified atom stereocenters. The Kier molecular flexibility index (Phi) is 5.23. The molecule has 9 heteroatoms. The van der Waals surface area contributed by atoms with Crippen molar-refractivity contribution in [3.05, 3.63) is 77.7 Å². The number of hydrogen-bond acceptors (Lipinski definition) is 6. The Bertz CT molecular complexity index is 1510. The zero-order chi connectivity index (χ0) is 22.9. The molecule has 5 aromatic rings. The molecule has 0 aliphatic rings. The largest absolute Gasteiger partial charge is 0.504 e. The summed E-state index contributed by atoms with van der Waals surface area (Å²) in [6.45, 7) is -0.576. The summed E-state index contributed by atoms with van der Waals surface area (Å²) in [5.74, 6) is -2.26. The van der Waals surface area contributed by atoms with Gasteiger partial charge in [-0.3, -0.25) is 9.59 Å². The number of fused-ring (bicyclic) bond motifs is 2. The Morgan fingerprint density at radius 3 is 2.61 bits per heavy atom. The van der Waals surface area contributed by atoms with Gasteiger partial charge in [-0.15, -0.1) is 0 Å². The van der Waals surface area contributed by atoms with Gasteiger partial charge in [0.1, 0.15) is 11.2 Å². The third-order valence-corrected chi connectivity index (χ3v) is 6.25. The topological polar surface area (TPSA) is 128 Å². The number of nitrogens with zero attached hydrogens (tertiary/aromatic N) is 2. The molecule has 3 aromatic heterocycles. The number of carbonyl (C=O) groups excluding carboxylic acids is 1. The number of aromatic hydroxyl groups is 1. The summed E-state index contributed by atoms with van der Waals surface area (Å²) in [6.07, 6.45) is 2.45. The summed E-state index contributed by atoms with van der Waals surface area (Å²) in [7, 11) is 0. The van der Waals surface area contributed by atoms with Crippen LogP contribution >= 0.6 is 11.5 Å². The first-order valence-electron chi connectivity index (χ1n) is 10.1. The van der Waals surface area contributed by atoms with E-state index >= 15 is 0 Å². The standard InChI is InChI=1S/C24H18N4O4S/c29-18(30)12-26-24(32)21-22(31)23-19(20(27-21)13-6-2-1-3-7-13)17(28-33-23)10-14-11-25-16-9-5-4-8-15(14)16/h1-9,11,25,31H,10,12H2,(H,26,32)(H,29,30). The molecule has 5 rings (SSSR count). The molecule has 0 bridgehead atoms. The lowest BCUT2D eigenvalue weighted by Gasteiger charge is -2.10. The van der Waals surface area contributed by atoms with Gasteiger partial charge in [0.25, 0.3) is 5.91 Å². The SMILES string of the molecule is O=C(O)CNC(=O)c1nc(-c2ccccc2)c2c(Cc3c[nH]c4ccccc34)nsc2c1O. The van der Waals surface area contributed by atoms with Crippen LogP contribution < -0.4 is 5.32 Å². The van der Waals surface area contributed by atoms with E-state index in [0.29, 0.717) is 22.2 Å². The van der Waals surface area contributed by atoms with Crippen LogP contribution in [0.5, 0.6) is 5.75 Å². The quantitative estimate of drug-likeness (QED) is 0.305. The summed E-state index contributed by atoms with van der Waals surface area (Å²) in [5, 5.41) is 23.8. The minimum atomic E-state index is -1.19. The predicted octanol–water partition coefficient (Wildman–Crippen LogP) is 3.95. The summed E-state index contributed by atoms with van der Waals surface area (Å²) >= 11 is 1.09. The van der Waals surface area contributed by atoms with Crippen LogP contribution in [0.25, 0.3) is 32.2 Å². The number of carboxylic acid groups (broad SMARTS) is 1. The second kappa shape index (κ2) is 8.36. The second-order valence-corrected chi connectivity index (χ2v) is 8.24. The van der Waals surface area contributed by atoms with E-state index in [1.165, 1.54) is 0 Å². The molecule has 0 atom stereocenters. The van der Waals surface area contributed by atoms with Crippen LogP contribution in [0.2, 0.25) is 0 Å². The summed E-state index contributed by atoms with van der Waals surface area (Å²) in [4.78, 5) is 31.2. The van der Waals surface area contributed by atoms with E-state index in [-0.39, 0.29) is 11.4 Å². The third kappa shape index (κ3) is 3.79. The fourth-order valence-corrected chi connectivity index (χ4v) is 4.69. The van der Waals surface area contributed by atoms with Gasteiger partial charge in [0.05, 0.1) is 11.4 Å². The van der Waals surface area contributed by atoms with Gasteiger partial charge in [0.15, 0.2) is 11.4 Å². The highest BCUT2D eigenvalue weighted by Gasteiger charge is 2.24. The Hall–Kier alpha value is -4.24. The van der Waals surface area contributed by atoms with Crippen LogP contribution in [0.3, 0.4) is 0 Å². The van der Waals surface area contributed by atoms with E-state index in [0.717, 1.165) is 39.3 Å². The Balaban J connectivity index is 1.67. The van der Waals surface area contributed by atoms with E-state index in [1.807, 2.05) is 60.8 Å². The van der Waals surface area contributed by atoms with Crippen molar-refractivity contribution in [2.45, 2.75) is 6.42 Å². The van der Waals surface area contributed by atoms with Gasteiger partial charge in [-0.05, 0) is 23.2 Å². The van der Waals surface area contributed by atoms with Crippen molar-refractivity contribution >= 4 is 44.4 Å². The van der Waals surface area contributed by atoms with Crippen LogP contribution in [0.4, 0.5) is 0 Å². The molecule has 0 aliphatic carbocycles. The number of aliphatic carboxylic acids is 1. The zero-order valence-corrected chi connectivity index (χ0v) is 18.0. The van der Waals surface area contributed by atoms with Crippen molar-refractivity contribution in [1.82, 2.24) is 19.7 Å². The number of hydrogen-bond donors (Lipinski definition) is 4. The maximum Gasteiger partial charge on any atom is 0.322 e. The summed E-state index contributed by atoms with van der Waals surface area (Å²) in [5.41, 5.74) is 3.85. The van der Waals surface area contributed by atoms with E-state index in [1.54, 1.807) is 0 Å². The van der Waals surface area contributed by atoms with E-state index in [9.17, 15) is 14.7 Å². The fraction of sp³-hybridized carbons (Fsp3) is 0.0833. The average Bonchev–Trinajstić information content (AvgIpc) is 3.44. The van der Waals surface area contributed by atoms with Gasteiger partial charge >= 0.3 is 5.97 Å². The molecule has 1 amide bonds. The van der Waals surface area contributed by atoms with Gasteiger partial charge in [0, 0.05) is 34.5 Å². The molecule has 164 valence electrons. The molecule has 4 N–H and O–H groups in total. The number of para-hydroxylation sites is 1. The number of rotatable bonds is 6. The number of carboxylic acids is 1. The van der Waals surface area contributed by atoms with Crippen LogP contribution in [0.1, 0.15) is 21.7 Å². The lowest BCUT2D eigenvalue weighted by atomic mass is 10.0. The molecule has 0 aliphatic heterocycles. The van der Waals surface area contributed by atoms with Crippen molar-refractivity contribution in [2.24, 2.45) is 0 Å². The van der Waals surface area contributed by atoms with Gasteiger partial charge in [-0.25, -0.2) is 4.98 Å². The summed E-state index contributed by atoms with van der Waals surface area (Å²) in [6, 6.07) is 17.3. The van der Waals surface area contributed by atoms with Gasteiger partial charge in [0.2, 0.25) is 0 Å². The first-order valence-corrected chi connectivity index (χ1v) is 10.9. The zero-order valence-electron chi connectivity index (χ0n) is 17.2. The second-order valence-electron chi connectivity index (χ2n) is 7.47. The minimum absolute atomic E-state index is 0.232. The van der Waals surface area contributed by atoms with Crippen molar-refractivity contribution in [1.29, 1.82) is 0 Å². The Labute approximate surface area is 191 Å². The van der Waals surface area contributed by atoms with E-state index in [2.05, 4.69) is 19.7 Å². The van der Waals surface area contributed by atoms with Gasteiger partial charge in [-0.2, -0.15) is 4.37 Å².